The van der Waals surface area contributed by atoms with Gasteiger partial charge in [-0.2, -0.15) is 0 Å². The summed E-state index contributed by atoms with van der Waals surface area (Å²) in [7, 11) is -1.76. The number of rotatable bonds is 8. The molecule has 1 saturated heterocycles. The van der Waals surface area contributed by atoms with Gasteiger partial charge in [-0.3, -0.25) is 0 Å². The van der Waals surface area contributed by atoms with Crippen molar-refractivity contribution < 1.29 is 18.7 Å². The van der Waals surface area contributed by atoms with Gasteiger partial charge in [0.15, 0.2) is 5.60 Å². The quantitative estimate of drug-likeness (QED) is 0.132. The minimum Gasteiger partial charge on any atom is -0.446 e. The molecule has 1 fully saturated rings. The highest BCUT2D eigenvalue weighted by atomic mass is 28.3. The summed E-state index contributed by atoms with van der Waals surface area (Å²) in [6.45, 7) is 6.81. The van der Waals surface area contributed by atoms with Gasteiger partial charge in [0.05, 0.1) is 11.4 Å². The third-order valence-corrected chi connectivity index (χ3v) is 11.2. The van der Waals surface area contributed by atoms with Crippen LogP contribution in [0.15, 0.2) is 140 Å². The zero-order valence-electron chi connectivity index (χ0n) is 26.5. The van der Waals surface area contributed by atoms with Gasteiger partial charge in [-0.1, -0.05) is 136 Å². The molecule has 1 amide bonds. The predicted molar refractivity (Wildman–Crippen MR) is 184 cm³/mol. The van der Waals surface area contributed by atoms with Crippen LogP contribution in [0, 0.1) is 0 Å². The second-order valence-electron chi connectivity index (χ2n) is 13.0. The zero-order valence-corrected chi connectivity index (χ0v) is 27.5. The number of epoxide rings is 1. The third-order valence-electron chi connectivity index (χ3n) is 8.97. The lowest BCUT2D eigenvalue weighted by Crippen LogP contribution is -2.50. The van der Waals surface area contributed by atoms with Crippen molar-refractivity contribution in [3.63, 3.8) is 0 Å². The highest BCUT2D eigenvalue weighted by molar-refractivity contribution is 6.80. The molecular formula is C40H38NO4Si. The fourth-order valence-corrected chi connectivity index (χ4v) is 8.87. The van der Waals surface area contributed by atoms with E-state index in [0.29, 0.717) is 6.42 Å². The van der Waals surface area contributed by atoms with Crippen molar-refractivity contribution in [1.29, 1.82) is 0 Å². The van der Waals surface area contributed by atoms with Gasteiger partial charge in [0, 0.05) is 5.56 Å². The van der Waals surface area contributed by atoms with Crippen LogP contribution in [-0.4, -0.2) is 27.3 Å². The van der Waals surface area contributed by atoms with Gasteiger partial charge in [0.25, 0.3) is 9.04 Å². The molecule has 7 rings (SSSR count). The van der Waals surface area contributed by atoms with Gasteiger partial charge in [0.1, 0.15) is 6.61 Å². The second-order valence-corrected chi connectivity index (χ2v) is 15.0. The maximum absolute atomic E-state index is 14.0. The lowest BCUT2D eigenvalue weighted by atomic mass is 9.74. The van der Waals surface area contributed by atoms with Crippen molar-refractivity contribution in [1.82, 2.24) is 0 Å². The molecule has 1 radical (unpaired) electrons. The van der Waals surface area contributed by atoms with E-state index in [9.17, 15) is 4.79 Å². The van der Waals surface area contributed by atoms with Crippen molar-refractivity contribution in [2.75, 3.05) is 11.5 Å². The van der Waals surface area contributed by atoms with E-state index < -0.39 is 26.5 Å². The maximum atomic E-state index is 14.0. The number of carbonyl (C=O) groups is 1. The number of hydrogen-bond donors (Lipinski definition) is 0. The lowest BCUT2D eigenvalue weighted by molar-refractivity contribution is 0.0597. The van der Waals surface area contributed by atoms with E-state index in [4.69, 9.17) is 13.9 Å². The Hall–Kier alpha value is -4.49. The van der Waals surface area contributed by atoms with Crippen molar-refractivity contribution >= 4 is 36.9 Å². The van der Waals surface area contributed by atoms with Crippen LogP contribution >= 0.6 is 0 Å². The van der Waals surface area contributed by atoms with Crippen molar-refractivity contribution in [3.05, 3.63) is 156 Å². The number of carbonyl (C=O) groups excluding carboxylic acids is 1. The molecule has 2 atom stereocenters. The van der Waals surface area contributed by atoms with Crippen molar-refractivity contribution in [2.24, 2.45) is 0 Å². The van der Waals surface area contributed by atoms with Gasteiger partial charge >= 0.3 is 6.09 Å². The van der Waals surface area contributed by atoms with Gasteiger partial charge in [-0.25, -0.2) is 9.69 Å². The number of amides is 1. The minimum absolute atomic E-state index is 0.0492. The molecule has 0 bridgehead atoms. The molecule has 5 aromatic rings. The Morgan fingerprint density at radius 1 is 0.739 bits per heavy atom. The third kappa shape index (κ3) is 5.47. The van der Waals surface area contributed by atoms with E-state index in [2.05, 4.69) is 87.5 Å². The molecular weight excluding hydrogens is 587 g/mol. The predicted octanol–water partition coefficient (Wildman–Crippen LogP) is 7.65. The molecule has 0 aromatic heterocycles. The summed E-state index contributed by atoms with van der Waals surface area (Å²) < 4.78 is 20.5. The molecule has 1 heterocycles. The van der Waals surface area contributed by atoms with Crippen LogP contribution in [0.5, 0.6) is 0 Å². The molecule has 5 aromatic carbocycles. The van der Waals surface area contributed by atoms with Crippen LogP contribution < -0.4 is 15.3 Å². The van der Waals surface area contributed by atoms with Crippen LogP contribution in [0.1, 0.15) is 43.9 Å². The Balaban J connectivity index is 1.27. The van der Waals surface area contributed by atoms with Gasteiger partial charge in [-0.05, 0) is 64.0 Å². The average Bonchev–Trinajstić information content (AvgIpc) is 3.77. The van der Waals surface area contributed by atoms with Crippen LogP contribution in [0.4, 0.5) is 16.2 Å². The summed E-state index contributed by atoms with van der Waals surface area (Å²) in [5.41, 5.74) is 4.21. The van der Waals surface area contributed by atoms with Crippen molar-refractivity contribution in [2.45, 2.75) is 50.4 Å². The van der Waals surface area contributed by atoms with Crippen molar-refractivity contribution in [3.8, 4) is 0 Å². The number of ether oxygens (including phenoxy) is 2. The highest BCUT2D eigenvalue weighted by Gasteiger charge is 2.76. The first kappa shape index (κ1) is 30.2. The maximum Gasteiger partial charge on any atom is 0.419 e. The van der Waals surface area contributed by atoms with Crippen LogP contribution in [-0.2, 0) is 31.5 Å². The molecule has 5 nitrogen and oxygen atoms in total. The Morgan fingerprint density at radius 2 is 1.26 bits per heavy atom. The zero-order chi connectivity index (χ0) is 31.8. The van der Waals surface area contributed by atoms with Crippen LogP contribution in [0.2, 0.25) is 0 Å². The molecule has 0 saturated carbocycles. The van der Waals surface area contributed by atoms with E-state index in [-0.39, 0.29) is 12.0 Å². The summed E-state index contributed by atoms with van der Waals surface area (Å²) in [5, 5.41) is 2.26. The first-order valence-electron chi connectivity index (χ1n) is 15.9. The number of nitrogens with zero attached hydrogens (tertiary/aromatic N) is 1. The largest absolute Gasteiger partial charge is 0.446 e. The summed E-state index contributed by atoms with van der Waals surface area (Å²) in [6, 6.07) is 46.5. The summed E-state index contributed by atoms with van der Waals surface area (Å²) in [5.74, 6) is -1.05. The number of benzene rings is 5. The normalized spacial score (nSPS) is 20.0. The smallest absolute Gasteiger partial charge is 0.419 e. The Bertz CT molecular complexity index is 1730. The average molecular weight is 625 g/mol. The summed E-state index contributed by atoms with van der Waals surface area (Å²) >= 11 is 0. The molecule has 1 aliphatic heterocycles. The van der Waals surface area contributed by atoms with Gasteiger partial charge in [-0.15, -0.1) is 0 Å². The molecule has 1 aliphatic carbocycles. The number of anilines is 2. The molecule has 6 heteroatoms. The molecule has 231 valence electrons. The minimum atomic E-state index is -1.76. The molecule has 46 heavy (non-hydrogen) atoms. The number of para-hydroxylation sites is 2. The lowest BCUT2D eigenvalue weighted by Gasteiger charge is -2.34. The molecule has 2 unspecified atom stereocenters. The fraction of sp³-hybridized carbons (Fsp3) is 0.225. The van der Waals surface area contributed by atoms with E-state index >= 15 is 0 Å². The molecule has 2 aliphatic rings. The second kappa shape index (κ2) is 12.0. The Labute approximate surface area is 273 Å². The Morgan fingerprint density at radius 3 is 1.78 bits per heavy atom. The Kier molecular flexibility index (Phi) is 7.89. The number of fused-ring (bicyclic) bond motifs is 3. The van der Waals surface area contributed by atoms with Crippen LogP contribution in [0.25, 0.3) is 0 Å². The van der Waals surface area contributed by atoms with E-state index in [1.807, 2.05) is 72.8 Å². The molecule has 0 spiro atoms. The highest BCUT2D eigenvalue weighted by Crippen LogP contribution is 2.63. The summed E-state index contributed by atoms with van der Waals surface area (Å²) in [4.78, 5) is 15.6. The fourth-order valence-electron chi connectivity index (χ4n) is 6.69. The summed E-state index contributed by atoms with van der Waals surface area (Å²) in [6.07, 6.45) is 1.03. The first-order valence-corrected chi connectivity index (χ1v) is 17.3. The topological polar surface area (TPSA) is 51.3 Å². The van der Waals surface area contributed by atoms with E-state index in [1.54, 1.807) is 4.90 Å². The monoisotopic (exact) mass is 624 g/mol. The first-order chi connectivity index (χ1) is 22.3. The van der Waals surface area contributed by atoms with Crippen LogP contribution in [0.3, 0.4) is 0 Å². The number of hydrogen-bond acceptors (Lipinski definition) is 4. The molecule has 0 N–H and O–H groups in total. The van der Waals surface area contributed by atoms with E-state index in [0.717, 1.165) is 33.7 Å². The van der Waals surface area contributed by atoms with Gasteiger partial charge in [0.2, 0.25) is 5.79 Å². The van der Waals surface area contributed by atoms with Gasteiger partial charge < -0.3 is 13.9 Å². The standard InChI is InChI=1S/C40H38NO4Si/c1-38(2,3)35-25-16-26-36-34(35)27-28-39(29-43-37(42)41(30-17-8-4-9-18-30)31-19-10-5-11-20-31)40(36,44-39)45-46(32-21-12-6-13-22-32)33-23-14-7-15-24-33/h4-26H,27-29H2,1-3H3. The van der Waals surface area contributed by atoms with E-state index in [1.165, 1.54) is 11.1 Å². The SMILES string of the molecule is CC(C)(C)c1cccc2c1CCC1(COC(=O)N(c3ccccc3)c3ccccc3)OC21O[Si](c1ccccc1)c1ccccc1.